The summed E-state index contributed by atoms with van der Waals surface area (Å²) in [7, 11) is 0. The van der Waals surface area contributed by atoms with Gasteiger partial charge >= 0.3 is 17.9 Å². The van der Waals surface area contributed by atoms with Crippen molar-refractivity contribution in [3.8, 4) is 0 Å². The molecule has 3 unspecified atom stereocenters. The van der Waals surface area contributed by atoms with Gasteiger partial charge in [-0.3, -0.25) is 14.4 Å². The lowest BCUT2D eigenvalue weighted by atomic mass is 9.95. The van der Waals surface area contributed by atoms with Crippen molar-refractivity contribution >= 4 is 17.9 Å². The minimum Gasteiger partial charge on any atom is -0.481 e. The monoisotopic (exact) mass is 430 g/mol. The van der Waals surface area contributed by atoms with E-state index in [1.54, 1.807) is 0 Å². The van der Waals surface area contributed by atoms with Crippen LogP contribution in [0.15, 0.2) is 0 Å². The highest BCUT2D eigenvalue weighted by atomic mass is 16.4. The molecular weight excluding hydrogens is 386 g/mol. The zero-order chi connectivity index (χ0) is 23.2. The number of unbranched alkanes of at least 4 members (excludes halogenated alkanes) is 5. The van der Waals surface area contributed by atoms with E-state index in [-0.39, 0.29) is 24.1 Å². The third-order valence-electron chi connectivity index (χ3n) is 6.34. The smallest absolute Gasteiger partial charge is 0.312 e. The number of hydrogen-bond acceptors (Lipinski definition) is 3. The summed E-state index contributed by atoms with van der Waals surface area (Å²) in [6, 6.07) is 0. The number of quaternary nitrogens is 1. The van der Waals surface area contributed by atoms with Crippen molar-refractivity contribution in [2.24, 2.45) is 17.8 Å². The van der Waals surface area contributed by atoms with Gasteiger partial charge in [0.2, 0.25) is 0 Å². The lowest BCUT2D eigenvalue weighted by Crippen LogP contribution is -2.58. The van der Waals surface area contributed by atoms with E-state index >= 15 is 0 Å². The van der Waals surface area contributed by atoms with E-state index in [1.807, 2.05) is 20.8 Å². The van der Waals surface area contributed by atoms with E-state index in [0.717, 1.165) is 32.1 Å². The summed E-state index contributed by atoms with van der Waals surface area (Å²) in [4.78, 5) is 35.4. The van der Waals surface area contributed by atoms with Gasteiger partial charge in [0.05, 0.1) is 26.2 Å². The summed E-state index contributed by atoms with van der Waals surface area (Å²) in [6.45, 7) is 9.11. The topological polar surface area (TPSA) is 112 Å². The van der Waals surface area contributed by atoms with E-state index in [2.05, 4.69) is 6.92 Å². The lowest BCUT2D eigenvalue weighted by molar-refractivity contribution is -0.935. The first-order valence-corrected chi connectivity index (χ1v) is 11.7. The van der Waals surface area contributed by atoms with Gasteiger partial charge in [0.1, 0.15) is 17.8 Å². The molecule has 0 aliphatic heterocycles. The maximum Gasteiger partial charge on any atom is 0.312 e. The highest BCUT2D eigenvalue weighted by Crippen LogP contribution is 2.25. The molecule has 0 aliphatic rings. The molecule has 0 rings (SSSR count). The van der Waals surface area contributed by atoms with Crippen LogP contribution < -0.4 is 0 Å². The van der Waals surface area contributed by atoms with Crippen LogP contribution in [0.4, 0.5) is 0 Å². The number of carbonyl (C=O) groups is 3. The Labute approximate surface area is 182 Å². The highest BCUT2D eigenvalue weighted by Gasteiger charge is 2.40. The minimum absolute atomic E-state index is 0.258. The van der Waals surface area contributed by atoms with Gasteiger partial charge in [-0.1, -0.05) is 53.4 Å². The first-order valence-electron chi connectivity index (χ1n) is 11.7. The summed E-state index contributed by atoms with van der Waals surface area (Å²) in [5.41, 5.74) is 0. The zero-order valence-corrected chi connectivity index (χ0v) is 19.4. The number of carboxylic acids is 3. The average Bonchev–Trinajstić information content (AvgIpc) is 2.70. The van der Waals surface area contributed by atoms with Crippen molar-refractivity contribution < 1.29 is 34.2 Å². The number of nitrogens with zero attached hydrogens (tertiary/aromatic N) is 1. The van der Waals surface area contributed by atoms with Crippen molar-refractivity contribution in [3.05, 3.63) is 0 Å². The van der Waals surface area contributed by atoms with Crippen LogP contribution >= 0.6 is 0 Å². The van der Waals surface area contributed by atoms with Gasteiger partial charge in [0.15, 0.2) is 0 Å². The van der Waals surface area contributed by atoms with Gasteiger partial charge in [0, 0.05) is 0 Å². The molecule has 0 fully saturated rings. The van der Waals surface area contributed by atoms with Gasteiger partial charge in [-0.2, -0.15) is 0 Å². The lowest BCUT2D eigenvalue weighted by Gasteiger charge is -2.43. The number of carboxylic acid groups (broad SMARTS) is 3. The summed E-state index contributed by atoms with van der Waals surface area (Å²) in [5, 5.41) is 29.0. The van der Waals surface area contributed by atoms with E-state index in [4.69, 9.17) is 0 Å². The Bertz CT molecular complexity index is 462. The highest BCUT2D eigenvalue weighted by molar-refractivity contribution is 5.71. The fraction of sp³-hybridized carbons (Fsp3) is 0.870. The summed E-state index contributed by atoms with van der Waals surface area (Å²) >= 11 is 0. The fourth-order valence-electron chi connectivity index (χ4n) is 4.27. The Morgan fingerprint density at radius 3 is 1.23 bits per heavy atom. The predicted octanol–water partition coefficient (Wildman–Crippen LogP) is 4.50. The molecule has 0 aliphatic carbocycles. The quantitative estimate of drug-likeness (QED) is 0.205. The largest absolute Gasteiger partial charge is 0.481 e. The van der Waals surface area contributed by atoms with Crippen molar-refractivity contribution in [2.45, 2.75) is 85.5 Å². The maximum absolute atomic E-state index is 11.8. The molecule has 7 heteroatoms. The van der Waals surface area contributed by atoms with E-state index in [1.165, 1.54) is 6.42 Å². The molecular formula is C23H44NO6+. The van der Waals surface area contributed by atoms with Crippen molar-refractivity contribution in [2.75, 3.05) is 26.2 Å². The summed E-state index contributed by atoms with van der Waals surface area (Å²) in [5.74, 6) is -4.51. The Hall–Kier alpha value is -1.63. The Morgan fingerprint density at radius 1 is 0.600 bits per heavy atom. The molecule has 0 aromatic heterocycles. The van der Waals surface area contributed by atoms with Crippen molar-refractivity contribution in [1.82, 2.24) is 0 Å². The maximum atomic E-state index is 11.8. The second-order valence-electron chi connectivity index (χ2n) is 8.71. The molecule has 0 bridgehead atoms. The molecule has 0 saturated carbocycles. The van der Waals surface area contributed by atoms with Gasteiger partial charge in [-0.15, -0.1) is 0 Å². The SMILES string of the molecule is CCCCCCCC[N+](CC(CC)C(=O)O)(CC(CC)C(=O)O)CC(CC)C(=O)O. The minimum atomic E-state index is -0.894. The van der Waals surface area contributed by atoms with Crippen molar-refractivity contribution in [1.29, 1.82) is 0 Å². The average molecular weight is 431 g/mol. The van der Waals surface area contributed by atoms with Crippen LogP contribution in [0.3, 0.4) is 0 Å². The number of aliphatic carboxylic acids is 3. The number of rotatable bonds is 19. The molecule has 0 saturated heterocycles. The van der Waals surface area contributed by atoms with Crippen LogP contribution in [-0.4, -0.2) is 63.9 Å². The van der Waals surface area contributed by atoms with Crippen LogP contribution in [-0.2, 0) is 14.4 Å². The van der Waals surface area contributed by atoms with E-state index in [0.29, 0.717) is 25.8 Å². The third-order valence-corrected chi connectivity index (χ3v) is 6.34. The Kier molecular flexibility index (Phi) is 14.4. The molecule has 176 valence electrons. The molecule has 0 heterocycles. The molecule has 0 aromatic carbocycles. The summed E-state index contributed by atoms with van der Waals surface area (Å²) < 4.78 is 0.258. The molecule has 0 spiro atoms. The van der Waals surface area contributed by atoms with E-state index in [9.17, 15) is 29.7 Å². The van der Waals surface area contributed by atoms with Crippen LogP contribution in [0.25, 0.3) is 0 Å². The molecule has 0 amide bonds. The third kappa shape index (κ3) is 10.4. The van der Waals surface area contributed by atoms with E-state index < -0.39 is 35.7 Å². The summed E-state index contributed by atoms with van der Waals surface area (Å²) in [6.07, 6.45) is 7.77. The second-order valence-corrected chi connectivity index (χ2v) is 8.71. The van der Waals surface area contributed by atoms with Gasteiger partial charge in [-0.25, -0.2) is 0 Å². The second kappa shape index (κ2) is 15.2. The number of hydrogen-bond donors (Lipinski definition) is 3. The standard InChI is InChI=1S/C23H43NO6/c1-5-9-10-11-12-13-14-24(15-18(6-2)21(25)26,16-19(7-3)22(27)28)17-20(8-4)23(29)30/h18-20H,5-17H2,1-4H3,(H2-,25,26,27,28,29,30)/p+1. The van der Waals surface area contributed by atoms with Gasteiger partial charge in [-0.05, 0) is 32.1 Å². The zero-order valence-electron chi connectivity index (χ0n) is 19.4. The first kappa shape index (κ1) is 28.4. The van der Waals surface area contributed by atoms with Crippen LogP contribution in [0.1, 0.15) is 85.5 Å². The Morgan fingerprint density at radius 2 is 0.933 bits per heavy atom. The van der Waals surface area contributed by atoms with Gasteiger partial charge < -0.3 is 19.8 Å². The van der Waals surface area contributed by atoms with Gasteiger partial charge in [0.25, 0.3) is 0 Å². The molecule has 3 atom stereocenters. The van der Waals surface area contributed by atoms with Crippen LogP contribution in [0.5, 0.6) is 0 Å². The van der Waals surface area contributed by atoms with Crippen LogP contribution in [0.2, 0.25) is 0 Å². The fourth-order valence-corrected chi connectivity index (χ4v) is 4.27. The predicted molar refractivity (Wildman–Crippen MR) is 117 cm³/mol. The Balaban J connectivity index is 5.79. The molecule has 7 nitrogen and oxygen atoms in total. The first-order chi connectivity index (χ1) is 14.2. The molecule has 30 heavy (non-hydrogen) atoms. The van der Waals surface area contributed by atoms with Crippen molar-refractivity contribution in [3.63, 3.8) is 0 Å². The molecule has 3 N–H and O–H groups in total. The normalized spacial score (nSPS) is 16.4. The molecule has 0 aromatic rings. The van der Waals surface area contributed by atoms with Crippen LogP contribution in [0, 0.1) is 17.8 Å². The molecule has 0 radical (unpaired) electrons.